The molecule has 0 saturated carbocycles. The van der Waals surface area contributed by atoms with Crippen molar-refractivity contribution in [3.05, 3.63) is 11.5 Å². The molecule has 11 heavy (non-hydrogen) atoms. The largest absolute Gasteiger partial charge is 0.465 e. The third-order valence-corrected chi connectivity index (χ3v) is 0.952. The van der Waals surface area contributed by atoms with Gasteiger partial charge in [-0.3, -0.25) is 10.1 Å². The SMILES string of the molecule is NC1=C(NC(=O)O)N=NC1=O. The molecular formula is C4H4N4O3. The third-order valence-electron chi connectivity index (χ3n) is 0.952. The monoisotopic (exact) mass is 156 g/mol. The van der Waals surface area contributed by atoms with Gasteiger partial charge in [0, 0.05) is 0 Å². The predicted molar refractivity (Wildman–Crippen MR) is 32.2 cm³/mol. The molecule has 0 aromatic heterocycles. The molecule has 0 aliphatic carbocycles. The van der Waals surface area contributed by atoms with Crippen LogP contribution < -0.4 is 11.1 Å². The summed E-state index contributed by atoms with van der Waals surface area (Å²) in [6.07, 6.45) is -1.34. The Morgan fingerprint density at radius 3 is 2.55 bits per heavy atom. The number of hydrogen-bond donors (Lipinski definition) is 3. The zero-order valence-corrected chi connectivity index (χ0v) is 5.24. The Hall–Kier alpha value is -1.92. The lowest BCUT2D eigenvalue weighted by Gasteiger charge is -1.94. The second kappa shape index (κ2) is 2.37. The van der Waals surface area contributed by atoms with Crippen LogP contribution in [0.5, 0.6) is 0 Å². The van der Waals surface area contributed by atoms with Gasteiger partial charge in [-0.15, -0.1) is 10.2 Å². The van der Waals surface area contributed by atoms with Gasteiger partial charge in [0.15, 0.2) is 5.82 Å². The zero-order valence-electron chi connectivity index (χ0n) is 5.24. The molecule has 1 rings (SSSR count). The molecule has 0 atom stereocenters. The van der Waals surface area contributed by atoms with Crippen LogP contribution in [0.1, 0.15) is 0 Å². The van der Waals surface area contributed by atoms with E-state index in [2.05, 4.69) is 10.2 Å². The Kier molecular flexibility index (Phi) is 1.55. The first-order chi connectivity index (χ1) is 5.11. The van der Waals surface area contributed by atoms with Crippen molar-refractivity contribution in [3.8, 4) is 0 Å². The third kappa shape index (κ3) is 1.31. The van der Waals surface area contributed by atoms with E-state index in [0.29, 0.717) is 0 Å². The highest BCUT2D eigenvalue weighted by molar-refractivity contribution is 5.95. The fraction of sp³-hybridized carbons (Fsp3) is 0. The van der Waals surface area contributed by atoms with Crippen LogP contribution in [0.25, 0.3) is 0 Å². The maximum Gasteiger partial charge on any atom is 0.410 e. The van der Waals surface area contributed by atoms with Gasteiger partial charge < -0.3 is 10.8 Å². The second-order valence-corrected chi connectivity index (χ2v) is 1.70. The van der Waals surface area contributed by atoms with Crippen LogP contribution in [0, 0.1) is 0 Å². The first-order valence-electron chi connectivity index (χ1n) is 2.57. The summed E-state index contributed by atoms with van der Waals surface area (Å²) in [5.74, 6) is -0.948. The fourth-order valence-electron chi connectivity index (χ4n) is 0.498. The first kappa shape index (κ1) is 7.19. The van der Waals surface area contributed by atoms with Crippen molar-refractivity contribution in [2.24, 2.45) is 16.0 Å². The van der Waals surface area contributed by atoms with E-state index in [1.165, 1.54) is 0 Å². The number of rotatable bonds is 1. The van der Waals surface area contributed by atoms with Gasteiger partial charge in [0.1, 0.15) is 5.70 Å². The lowest BCUT2D eigenvalue weighted by molar-refractivity contribution is -0.114. The summed E-state index contributed by atoms with van der Waals surface area (Å²) in [6, 6.07) is 0. The van der Waals surface area contributed by atoms with Crippen LogP contribution >= 0.6 is 0 Å². The minimum Gasteiger partial charge on any atom is -0.465 e. The van der Waals surface area contributed by atoms with Gasteiger partial charge in [0.05, 0.1) is 0 Å². The zero-order chi connectivity index (χ0) is 8.43. The molecule has 7 heteroatoms. The minimum atomic E-state index is -1.34. The predicted octanol–water partition coefficient (Wildman–Crippen LogP) is -0.626. The number of amides is 2. The Morgan fingerprint density at radius 2 is 2.18 bits per heavy atom. The van der Waals surface area contributed by atoms with Crippen LogP contribution in [0.3, 0.4) is 0 Å². The van der Waals surface area contributed by atoms with E-state index >= 15 is 0 Å². The number of carboxylic acid groups (broad SMARTS) is 1. The molecule has 0 bridgehead atoms. The number of azo groups is 1. The van der Waals surface area contributed by atoms with Gasteiger partial charge in [-0.25, -0.2) is 4.79 Å². The molecule has 0 aromatic rings. The summed E-state index contributed by atoms with van der Waals surface area (Å²) in [6.45, 7) is 0. The van der Waals surface area contributed by atoms with E-state index in [4.69, 9.17) is 10.8 Å². The van der Waals surface area contributed by atoms with Crippen molar-refractivity contribution in [2.45, 2.75) is 0 Å². The Labute approximate surface area is 60.6 Å². The number of nitrogens with one attached hydrogen (secondary N) is 1. The van der Waals surface area contributed by atoms with Crippen molar-refractivity contribution >= 4 is 12.0 Å². The summed E-state index contributed by atoms with van der Waals surface area (Å²) in [7, 11) is 0. The molecule has 7 nitrogen and oxygen atoms in total. The van der Waals surface area contributed by atoms with Crippen molar-refractivity contribution < 1.29 is 14.7 Å². The average Bonchev–Trinajstić information content (AvgIpc) is 2.18. The molecule has 1 heterocycles. The standard InChI is InChI=1S/C4H4N4O3/c5-1-2(6-4(10)11)7-8-3(1)9/h(H,10,11)(H3,5,6,7,8,9). The maximum absolute atomic E-state index is 10.5. The van der Waals surface area contributed by atoms with Gasteiger partial charge in [-0.2, -0.15) is 0 Å². The highest BCUT2D eigenvalue weighted by atomic mass is 16.4. The number of hydrogen-bond acceptors (Lipinski definition) is 4. The Bertz CT molecular complexity index is 279. The second-order valence-electron chi connectivity index (χ2n) is 1.70. The van der Waals surface area contributed by atoms with E-state index in [-0.39, 0.29) is 11.5 Å². The van der Waals surface area contributed by atoms with E-state index in [9.17, 15) is 9.59 Å². The van der Waals surface area contributed by atoms with Crippen molar-refractivity contribution in [1.82, 2.24) is 5.32 Å². The highest BCUT2D eigenvalue weighted by Crippen LogP contribution is 2.07. The van der Waals surface area contributed by atoms with E-state index < -0.39 is 12.0 Å². The van der Waals surface area contributed by atoms with E-state index in [1.807, 2.05) is 5.32 Å². The molecule has 0 spiro atoms. The summed E-state index contributed by atoms with van der Waals surface area (Å²) in [5.41, 5.74) is 4.80. The summed E-state index contributed by atoms with van der Waals surface area (Å²) in [4.78, 5) is 20.5. The number of carbonyl (C=O) groups is 2. The molecule has 0 fully saturated rings. The van der Waals surface area contributed by atoms with Crippen molar-refractivity contribution in [2.75, 3.05) is 0 Å². The van der Waals surface area contributed by atoms with E-state index in [1.54, 1.807) is 0 Å². The summed E-state index contributed by atoms with van der Waals surface area (Å²) < 4.78 is 0. The number of nitrogens with two attached hydrogens (primary N) is 1. The molecule has 58 valence electrons. The molecule has 0 radical (unpaired) electrons. The molecule has 0 saturated heterocycles. The molecular weight excluding hydrogens is 152 g/mol. The average molecular weight is 156 g/mol. The minimum absolute atomic E-state index is 0.220. The normalized spacial score (nSPS) is 15.8. The molecule has 4 N–H and O–H groups in total. The van der Waals surface area contributed by atoms with Crippen molar-refractivity contribution in [3.63, 3.8) is 0 Å². The lowest BCUT2D eigenvalue weighted by Crippen LogP contribution is -2.22. The first-order valence-corrected chi connectivity index (χ1v) is 2.57. The Morgan fingerprint density at radius 1 is 1.55 bits per heavy atom. The molecule has 1 aliphatic rings. The van der Waals surface area contributed by atoms with Crippen LogP contribution in [0.4, 0.5) is 4.79 Å². The van der Waals surface area contributed by atoms with Crippen LogP contribution in [-0.2, 0) is 4.79 Å². The van der Waals surface area contributed by atoms with Gasteiger partial charge in [-0.05, 0) is 0 Å². The van der Waals surface area contributed by atoms with Gasteiger partial charge >= 0.3 is 12.0 Å². The topological polar surface area (TPSA) is 117 Å². The smallest absolute Gasteiger partial charge is 0.410 e. The summed E-state index contributed by atoms with van der Waals surface area (Å²) >= 11 is 0. The van der Waals surface area contributed by atoms with Crippen LogP contribution in [0.2, 0.25) is 0 Å². The highest BCUT2D eigenvalue weighted by Gasteiger charge is 2.19. The lowest BCUT2D eigenvalue weighted by atomic mass is 10.4. The number of nitrogens with zero attached hydrogens (tertiary/aromatic N) is 2. The molecule has 1 aliphatic heterocycles. The maximum atomic E-state index is 10.5. The summed E-state index contributed by atoms with van der Waals surface area (Å²) in [5, 5.41) is 16.2. The quantitative estimate of drug-likeness (QED) is 0.468. The molecule has 0 aromatic carbocycles. The van der Waals surface area contributed by atoms with Gasteiger partial charge in [-0.1, -0.05) is 0 Å². The number of carbonyl (C=O) groups excluding carboxylic acids is 1. The fourth-order valence-corrected chi connectivity index (χ4v) is 0.498. The Balaban J connectivity index is 2.80. The van der Waals surface area contributed by atoms with E-state index in [0.717, 1.165) is 0 Å². The van der Waals surface area contributed by atoms with Gasteiger partial charge in [0.25, 0.3) is 0 Å². The molecule has 2 amide bonds. The van der Waals surface area contributed by atoms with Crippen LogP contribution in [0.15, 0.2) is 21.7 Å². The molecule has 0 unspecified atom stereocenters. The van der Waals surface area contributed by atoms with Crippen molar-refractivity contribution in [1.29, 1.82) is 0 Å². The van der Waals surface area contributed by atoms with Crippen LogP contribution in [-0.4, -0.2) is 17.1 Å². The van der Waals surface area contributed by atoms with Gasteiger partial charge in [0.2, 0.25) is 0 Å².